The molecule has 0 aromatic carbocycles. The Kier molecular flexibility index (Phi) is 1.69. The lowest BCUT2D eigenvalue weighted by molar-refractivity contribution is -0.0372. The van der Waals surface area contributed by atoms with Gasteiger partial charge in [-0.05, 0) is 13.0 Å². The minimum absolute atomic E-state index is 0.811. The van der Waals surface area contributed by atoms with E-state index in [1.807, 2.05) is 0 Å². The fourth-order valence-corrected chi connectivity index (χ4v) is 2.31. The molecule has 11 heavy (non-hydrogen) atoms. The van der Waals surface area contributed by atoms with Gasteiger partial charge in [-0.2, -0.15) is 0 Å². The molecule has 2 heteroatoms. The quantitative estimate of drug-likeness (QED) is 0.551. The van der Waals surface area contributed by atoms with E-state index >= 15 is 0 Å². The molecular formula is C9H17NO. The molecule has 2 aliphatic heterocycles. The van der Waals surface area contributed by atoms with Gasteiger partial charge in [0.2, 0.25) is 0 Å². The van der Waals surface area contributed by atoms with E-state index in [2.05, 4.69) is 25.8 Å². The van der Waals surface area contributed by atoms with Crippen molar-refractivity contribution in [3.05, 3.63) is 0 Å². The molecule has 64 valence electrons. The number of nitrogens with zero attached hydrogens (tertiary/aromatic N) is 1. The Hall–Kier alpha value is -0.0800. The van der Waals surface area contributed by atoms with Crippen molar-refractivity contribution in [2.24, 2.45) is 11.8 Å². The van der Waals surface area contributed by atoms with Crippen LogP contribution in [0.2, 0.25) is 0 Å². The molecule has 0 spiro atoms. The van der Waals surface area contributed by atoms with E-state index < -0.39 is 0 Å². The molecule has 3 atom stereocenters. The molecule has 2 aliphatic rings. The van der Waals surface area contributed by atoms with Crippen LogP contribution in [0.5, 0.6) is 0 Å². The minimum Gasteiger partial charge on any atom is -0.381 e. The van der Waals surface area contributed by atoms with Crippen molar-refractivity contribution in [2.75, 3.05) is 20.3 Å². The minimum atomic E-state index is 0.811. The number of hydrogen-bond donors (Lipinski definition) is 0. The Morgan fingerprint density at radius 3 is 2.27 bits per heavy atom. The standard InChI is InChI=1S/C9H17NO/c1-6(2)8-9(10(8)3)7-4-11-5-7/h6-9H,4-5H2,1-3H3/t8-,9-,10?/m1/s1. The summed E-state index contributed by atoms with van der Waals surface area (Å²) < 4.78 is 5.19. The van der Waals surface area contributed by atoms with Gasteiger partial charge in [-0.1, -0.05) is 13.8 Å². The Bertz CT molecular complexity index is 154. The molecule has 0 amide bonds. The number of rotatable bonds is 2. The Morgan fingerprint density at radius 2 is 2.00 bits per heavy atom. The third-order valence-corrected chi connectivity index (χ3v) is 3.03. The van der Waals surface area contributed by atoms with Crippen molar-refractivity contribution in [1.29, 1.82) is 0 Å². The third-order valence-electron chi connectivity index (χ3n) is 3.03. The maximum Gasteiger partial charge on any atom is 0.0532 e. The number of hydrogen-bond acceptors (Lipinski definition) is 2. The highest BCUT2D eigenvalue weighted by molar-refractivity contribution is 5.06. The lowest BCUT2D eigenvalue weighted by Crippen LogP contribution is -2.34. The second kappa shape index (κ2) is 2.46. The lowest BCUT2D eigenvalue weighted by Gasteiger charge is -2.25. The molecule has 0 saturated carbocycles. The summed E-state index contributed by atoms with van der Waals surface area (Å²) >= 11 is 0. The van der Waals surface area contributed by atoms with Crippen LogP contribution in [0, 0.1) is 11.8 Å². The molecule has 2 saturated heterocycles. The zero-order chi connectivity index (χ0) is 8.01. The molecule has 2 rings (SSSR count). The van der Waals surface area contributed by atoms with Crippen LogP contribution in [0.25, 0.3) is 0 Å². The van der Waals surface area contributed by atoms with Crippen LogP contribution in [-0.2, 0) is 4.74 Å². The summed E-state index contributed by atoms with van der Waals surface area (Å²) in [5, 5.41) is 0. The van der Waals surface area contributed by atoms with E-state index in [-0.39, 0.29) is 0 Å². The summed E-state index contributed by atoms with van der Waals surface area (Å²) in [7, 11) is 2.23. The van der Waals surface area contributed by atoms with Gasteiger partial charge in [0.05, 0.1) is 13.2 Å². The van der Waals surface area contributed by atoms with Gasteiger partial charge in [0.25, 0.3) is 0 Å². The van der Waals surface area contributed by atoms with Gasteiger partial charge in [0, 0.05) is 18.0 Å². The van der Waals surface area contributed by atoms with Crippen molar-refractivity contribution in [3.8, 4) is 0 Å². The van der Waals surface area contributed by atoms with E-state index in [9.17, 15) is 0 Å². The Morgan fingerprint density at radius 1 is 1.36 bits per heavy atom. The average Bonchev–Trinajstić information content (AvgIpc) is 2.37. The van der Waals surface area contributed by atoms with Crippen LogP contribution < -0.4 is 0 Å². The van der Waals surface area contributed by atoms with Gasteiger partial charge in [-0.25, -0.2) is 0 Å². The van der Waals surface area contributed by atoms with Crippen LogP contribution in [0.15, 0.2) is 0 Å². The molecule has 0 N–H and O–H groups in total. The summed E-state index contributed by atoms with van der Waals surface area (Å²) in [6.07, 6.45) is 0. The topological polar surface area (TPSA) is 12.2 Å². The highest BCUT2D eigenvalue weighted by Gasteiger charge is 2.52. The summed E-state index contributed by atoms with van der Waals surface area (Å²) in [6.45, 7) is 6.61. The second-order valence-electron chi connectivity index (χ2n) is 4.19. The molecule has 0 radical (unpaired) electrons. The van der Waals surface area contributed by atoms with Crippen LogP contribution in [0.4, 0.5) is 0 Å². The molecule has 0 bridgehead atoms. The highest BCUT2D eigenvalue weighted by Crippen LogP contribution is 2.39. The Balaban J connectivity index is 1.88. The van der Waals surface area contributed by atoms with Gasteiger partial charge in [0.15, 0.2) is 0 Å². The monoisotopic (exact) mass is 155 g/mol. The molecule has 0 aliphatic carbocycles. The fraction of sp³-hybridized carbons (Fsp3) is 1.00. The van der Waals surface area contributed by atoms with E-state index in [4.69, 9.17) is 4.74 Å². The first-order valence-electron chi connectivity index (χ1n) is 4.51. The SMILES string of the molecule is CC(C)[C@@H]1[C@@H](C2COC2)N1C. The zero-order valence-electron chi connectivity index (χ0n) is 7.58. The summed E-state index contributed by atoms with van der Waals surface area (Å²) in [5.74, 6) is 1.65. The molecule has 0 aromatic rings. The first-order chi connectivity index (χ1) is 5.22. The molecule has 2 nitrogen and oxygen atoms in total. The van der Waals surface area contributed by atoms with E-state index in [0.29, 0.717) is 0 Å². The first kappa shape index (κ1) is 7.56. The highest BCUT2D eigenvalue weighted by atomic mass is 16.5. The number of ether oxygens (including phenoxy) is 1. The van der Waals surface area contributed by atoms with Crippen LogP contribution in [0.3, 0.4) is 0 Å². The van der Waals surface area contributed by atoms with E-state index in [1.165, 1.54) is 0 Å². The maximum atomic E-state index is 5.19. The molecular weight excluding hydrogens is 138 g/mol. The first-order valence-corrected chi connectivity index (χ1v) is 4.51. The van der Waals surface area contributed by atoms with Crippen molar-refractivity contribution in [1.82, 2.24) is 4.90 Å². The Labute approximate surface area is 68.5 Å². The molecule has 2 fully saturated rings. The summed E-state index contributed by atoms with van der Waals surface area (Å²) in [6, 6.07) is 1.67. The predicted octanol–water partition coefficient (Wildman–Crippen LogP) is 0.971. The van der Waals surface area contributed by atoms with E-state index in [0.717, 1.165) is 37.1 Å². The smallest absolute Gasteiger partial charge is 0.0532 e. The van der Waals surface area contributed by atoms with E-state index in [1.54, 1.807) is 0 Å². The zero-order valence-corrected chi connectivity index (χ0v) is 7.58. The summed E-state index contributed by atoms with van der Waals surface area (Å²) in [5.41, 5.74) is 0. The predicted molar refractivity (Wildman–Crippen MR) is 44.5 cm³/mol. The maximum absolute atomic E-state index is 5.19. The molecule has 0 aromatic heterocycles. The van der Waals surface area contributed by atoms with Gasteiger partial charge in [0.1, 0.15) is 0 Å². The van der Waals surface area contributed by atoms with Gasteiger partial charge < -0.3 is 4.74 Å². The van der Waals surface area contributed by atoms with Crippen molar-refractivity contribution in [2.45, 2.75) is 25.9 Å². The van der Waals surface area contributed by atoms with Crippen molar-refractivity contribution >= 4 is 0 Å². The normalized spacial score (nSPS) is 44.2. The molecule has 2 heterocycles. The van der Waals surface area contributed by atoms with Crippen LogP contribution >= 0.6 is 0 Å². The van der Waals surface area contributed by atoms with Crippen molar-refractivity contribution < 1.29 is 4.74 Å². The summed E-state index contributed by atoms with van der Waals surface area (Å²) in [4.78, 5) is 2.48. The van der Waals surface area contributed by atoms with Gasteiger partial charge in [-0.3, -0.25) is 4.90 Å². The van der Waals surface area contributed by atoms with Gasteiger partial charge >= 0.3 is 0 Å². The van der Waals surface area contributed by atoms with Gasteiger partial charge in [-0.15, -0.1) is 0 Å². The second-order valence-corrected chi connectivity index (χ2v) is 4.19. The van der Waals surface area contributed by atoms with Crippen LogP contribution in [-0.4, -0.2) is 37.2 Å². The average molecular weight is 155 g/mol. The largest absolute Gasteiger partial charge is 0.381 e. The van der Waals surface area contributed by atoms with Crippen LogP contribution in [0.1, 0.15) is 13.8 Å². The fourth-order valence-electron chi connectivity index (χ4n) is 2.31. The number of likely N-dealkylation sites (N-methyl/N-ethyl adjacent to an activating group) is 1. The third kappa shape index (κ3) is 1.09. The lowest BCUT2D eigenvalue weighted by atomic mass is 9.97. The van der Waals surface area contributed by atoms with Crippen molar-refractivity contribution in [3.63, 3.8) is 0 Å². The molecule has 1 unspecified atom stereocenters.